The molecule has 116 valence electrons. The van der Waals surface area contributed by atoms with Crippen molar-refractivity contribution in [3.05, 3.63) is 90.2 Å². The Morgan fingerprint density at radius 3 is 2.26 bits per heavy atom. The van der Waals surface area contributed by atoms with E-state index in [1.54, 1.807) is 0 Å². The molecule has 2 nitrogen and oxygen atoms in total. The topological polar surface area (TPSA) is 27.0 Å². The van der Waals surface area contributed by atoms with Crippen LogP contribution >= 0.6 is 0 Å². The molecule has 1 unspecified atom stereocenters. The van der Waals surface area contributed by atoms with E-state index in [1.165, 1.54) is 5.56 Å². The van der Waals surface area contributed by atoms with Crippen molar-refractivity contribution in [1.82, 2.24) is 0 Å². The van der Waals surface area contributed by atoms with Crippen LogP contribution in [0.15, 0.2) is 84.6 Å². The van der Waals surface area contributed by atoms with E-state index >= 15 is 0 Å². The molecule has 0 saturated heterocycles. The van der Waals surface area contributed by atoms with E-state index < -0.39 is 0 Å². The van der Waals surface area contributed by atoms with Gasteiger partial charge in [-0.25, -0.2) is 0 Å². The number of allylic oxidation sites excluding steroid dienone is 4. The Balaban J connectivity index is 2.23. The summed E-state index contributed by atoms with van der Waals surface area (Å²) in [5, 5.41) is 9.56. The second kappa shape index (κ2) is 8.60. The molecule has 23 heavy (non-hydrogen) atoms. The zero-order chi connectivity index (χ0) is 16.5. The zero-order valence-electron chi connectivity index (χ0n) is 13.7. The first-order valence-corrected chi connectivity index (χ1v) is 7.82. The summed E-state index contributed by atoms with van der Waals surface area (Å²) in [6.45, 7) is 2.01. The van der Waals surface area contributed by atoms with Gasteiger partial charge in [0.1, 0.15) is 11.8 Å². The predicted octanol–water partition coefficient (Wildman–Crippen LogP) is 4.97. The molecule has 1 atom stereocenters. The first-order chi connectivity index (χ1) is 11.2. The van der Waals surface area contributed by atoms with E-state index in [0.717, 1.165) is 12.1 Å². The fourth-order valence-electron chi connectivity index (χ4n) is 2.53. The van der Waals surface area contributed by atoms with Gasteiger partial charge in [0, 0.05) is 18.7 Å². The minimum atomic E-state index is 0.197. The van der Waals surface area contributed by atoms with Crippen LogP contribution in [-0.2, 0) is 6.42 Å². The summed E-state index contributed by atoms with van der Waals surface area (Å²) in [7, 11) is 1.93. The van der Waals surface area contributed by atoms with Gasteiger partial charge in [0.15, 0.2) is 0 Å². The summed E-state index contributed by atoms with van der Waals surface area (Å²) < 4.78 is 0. The lowest BCUT2D eigenvalue weighted by atomic mass is 9.97. The lowest BCUT2D eigenvalue weighted by Crippen LogP contribution is -2.16. The zero-order valence-corrected chi connectivity index (χ0v) is 13.7. The Kier molecular flexibility index (Phi) is 6.20. The fourth-order valence-corrected chi connectivity index (χ4v) is 2.53. The molecular weight excluding hydrogens is 280 g/mol. The van der Waals surface area contributed by atoms with Gasteiger partial charge in [-0.05, 0) is 37.1 Å². The number of para-hydroxylation sites is 1. The summed E-state index contributed by atoms with van der Waals surface area (Å²) in [6, 6.07) is 22.6. The van der Waals surface area contributed by atoms with Crippen molar-refractivity contribution in [2.45, 2.75) is 13.3 Å². The van der Waals surface area contributed by atoms with Crippen molar-refractivity contribution in [3.8, 4) is 6.07 Å². The average molecular weight is 302 g/mol. The van der Waals surface area contributed by atoms with Gasteiger partial charge in [0.2, 0.25) is 0 Å². The highest BCUT2D eigenvalue weighted by atomic mass is 15.1. The van der Waals surface area contributed by atoms with Crippen molar-refractivity contribution < 1.29 is 0 Å². The second-order valence-electron chi connectivity index (χ2n) is 5.44. The number of rotatable bonds is 6. The Morgan fingerprint density at radius 1 is 1.09 bits per heavy atom. The predicted molar refractivity (Wildman–Crippen MR) is 97.0 cm³/mol. The third-order valence-corrected chi connectivity index (χ3v) is 3.75. The minimum absolute atomic E-state index is 0.197. The van der Waals surface area contributed by atoms with Crippen molar-refractivity contribution in [3.63, 3.8) is 0 Å². The van der Waals surface area contributed by atoms with Gasteiger partial charge in [-0.2, -0.15) is 5.26 Å². The second-order valence-corrected chi connectivity index (χ2v) is 5.44. The molecule has 2 rings (SSSR count). The van der Waals surface area contributed by atoms with E-state index in [9.17, 15) is 5.26 Å². The Labute approximate surface area is 139 Å². The van der Waals surface area contributed by atoms with Gasteiger partial charge in [0.05, 0.1) is 0 Å². The Bertz CT molecular complexity index is 694. The third-order valence-electron chi connectivity index (χ3n) is 3.75. The van der Waals surface area contributed by atoms with Crippen molar-refractivity contribution in [2.75, 3.05) is 11.9 Å². The van der Waals surface area contributed by atoms with Crippen molar-refractivity contribution >= 4 is 5.69 Å². The van der Waals surface area contributed by atoms with Crippen LogP contribution in [0, 0.1) is 17.2 Å². The van der Waals surface area contributed by atoms with Crippen LogP contribution in [0.2, 0.25) is 0 Å². The van der Waals surface area contributed by atoms with Crippen molar-refractivity contribution in [2.24, 2.45) is 5.92 Å². The maximum atomic E-state index is 9.56. The molecule has 0 aliphatic rings. The molecule has 2 aromatic carbocycles. The normalized spacial score (nSPS) is 12.8. The van der Waals surface area contributed by atoms with Crippen LogP contribution < -0.4 is 4.90 Å². The summed E-state index contributed by atoms with van der Waals surface area (Å²) in [5.41, 5.74) is 2.95. The molecule has 0 aliphatic carbocycles. The number of hydrogen-bond acceptors (Lipinski definition) is 2. The highest BCUT2D eigenvalue weighted by molar-refractivity contribution is 5.54. The Hall–Kier alpha value is -2.79. The first-order valence-electron chi connectivity index (χ1n) is 7.82. The molecule has 0 N–H and O–H groups in total. The molecule has 0 bridgehead atoms. The molecular formula is C21H22N2. The maximum Gasteiger partial charge on any atom is 0.117 e. The lowest BCUT2D eigenvalue weighted by Gasteiger charge is -2.19. The van der Waals surface area contributed by atoms with Crippen LogP contribution in [-0.4, -0.2) is 7.05 Å². The number of benzene rings is 2. The van der Waals surface area contributed by atoms with E-state index in [-0.39, 0.29) is 5.92 Å². The quantitative estimate of drug-likeness (QED) is 0.556. The molecule has 0 radical (unpaired) electrons. The average Bonchev–Trinajstić information content (AvgIpc) is 2.61. The van der Waals surface area contributed by atoms with Gasteiger partial charge >= 0.3 is 0 Å². The van der Waals surface area contributed by atoms with Gasteiger partial charge in [-0.3, -0.25) is 0 Å². The van der Waals surface area contributed by atoms with E-state index in [1.807, 2.05) is 79.6 Å². The largest absolute Gasteiger partial charge is 0.336 e. The minimum Gasteiger partial charge on any atom is -0.336 e. The maximum absolute atomic E-state index is 9.56. The smallest absolute Gasteiger partial charge is 0.117 e. The van der Waals surface area contributed by atoms with Crippen LogP contribution in [0.5, 0.6) is 0 Å². The first kappa shape index (κ1) is 16.6. The summed E-state index contributed by atoms with van der Waals surface area (Å²) in [5.74, 6) is 0.197. The third kappa shape index (κ3) is 4.86. The summed E-state index contributed by atoms with van der Waals surface area (Å²) in [4.78, 5) is 1.93. The molecule has 0 saturated carbocycles. The van der Waals surface area contributed by atoms with E-state index in [0.29, 0.717) is 5.70 Å². The van der Waals surface area contributed by atoms with Crippen LogP contribution in [0.1, 0.15) is 12.5 Å². The van der Waals surface area contributed by atoms with Crippen molar-refractivity contribution in [1.29, 1.82) is 5.26 Å². The lowest BCUT2D eigenvalue weighted by molar-refractivity contribution is 0.794. The molecule has 0 aliphatic heterocycles. The van der Waals surface area contributed by atoms with Crippen LogP contribution in [0.25, 0.3) is 0 Å². The summed E-state index contributed by atoms with van der Waals surface area (Å²) in [6.07, 6.45) is 7.11. The van der Waals surface area contributed by atoms with Gasteiger partial charge < -0.3 is 4.90 Å². The van der Waals surface area contributed by atoms with Gasteiger partial charge in [-0.15, -0.1) is 0 Å². The monoisotopic (exact) mass is 302 g/mol. The molecule has 2 heteroatoms. The van der Waals surface area contributed by atoms with E-state index in [2.05, 4.69) is 24.3 Å². The standard InChI is InChI=1S/C21H22N2/c1-3-10-19(15-18-11-6-4-7-12-18)16-21(17-22)23(2)20-13-8-5-9-14-20/h3-14,16,19H,15H2,1-2H3/b10-3-,21-16+. The molecule has 0 amide bonds. The van der Waals surface area contributed by atoms with Crippen LogP contribution in [0.4, 0.5) is 5.69 Å². The van der Waals surface area contributed by atoms with Crippen LogP contribution in [0.3, 0.4) is 0 Å². The molecule has 2 aromatic rings. The summed E-state index contributed by atoms with van der Waals surface area (Å²) >= 11 is 0. The number of nitrogens with zero attached hydrogens (tertiary/aromatic N) is 2. The molecule has 0 spiro atoms. The van der Waals surface area contributed by atoms with Gasteiger partial charge in [0.25, 0.3) is 0 Å². The highest BCUT2D eigenvalue weighted by Gasteiger charge is 2.10. The highest BCUT2D eigenvalue weighted by Crippen LogP contribution is 2.20. The molecule has 0 fully saturated rings. The fraction of sp³-hybridized carbons (Fsp3) is 0.190. The number of nitriles is 1. The van der Waals surface area contributed by atoms with E-state index in [4.69, 9.17) is 0 Å². The Morgan fingerprint density at radius 2 is 1.70 bits per heavy atom. The SMILES string of the molecule is C/C=C\C(/C=C(\C#N)N(C)c1ccccc1)Cc1ccccc1. The number of hydrogen-bond donors (Lipinski definition) is 0. The van der Waals surface area contributed by atoms with Gasteiger partial charge in [-0.1, -0.05) is 60.7 Å². The number of anilines is 1. The molecule has 0 aromatic heterocycles. The molecule has 0 heterocycles.